The maximum Gasteiger partial charge on any atom is 0.229 e. The Bertz CT molecular complexity index is 629. The van der Waals surface area contributed by atoms with Gasteiger partial charge in [0.1, 0.15) is 5.82 Å². The summed E-state index contributed by atoms with van der Waals surface area (Å²) in [6.45, 7) is 0. The summed E-state index contributed by atoms with van der Waals surface area (Å²) >= 11 is 2.16. The van der Waals surface area contributed by atoms with Crippen LogP contribution in [-0.4, -0.2) is 25.1 Å². The minimum Gasteiger partial charge on any atom is -0.493 e. The number of aromatic nitrogens is 1. The first kappa shape index (κ1) is 15.6. The van der Waals surface area contributed by atoms with Crippen molar-refractivity contribution in [2.75, 3.05) is 19.5 Å². The molecule has 0 saturated heterocycles. The molecular formula is C15H15IN2O3. The number of pyridine rings is 1. The second kappa shape index (κ2) is 7.26. The van der Waals surface area contributed by atoms with Gasteiger partial charge < -0.3 is 14.8 Å². The summed E-state index contributed by atoms with van der Waals surface area (Å²) in [5.74, 6) is 1.66. The van der Waals surface area contributed by atoms with Crippen molar-refractivity contribution in [3.05, 3.63) is 45.7 Å². The highest BCUT2D eigenvalue weighted by Crippen LogP contribution is 2.27. The van der Waals surface area contributed by atoms with Crippen LogP contribution in [0.3, 0.4) is 0 Å². The van der Waals surface area contributed by atoms with Gasteiger partial charge in [-0.3, -0.25) is 4.79 Å². The first-order valence-electron chi connectivity index (χ1n) is 6.24. The molecular weight excluding hydrogens is 383 g/mol. The first-order valence-corrected chi connectivity index (χ1v) is 7.32. The van der Waals surface area contributed by atoms with Crippen molar-refractivity contribution in [3.63, 3.8) is 0 Å². The van der Waals surface area contributed by atoms with E-state index in [1.807, 2.05) is 12.1 Å². The number of nitrogens with one attached hydrogen (secondary N) is 1. The molecule has 0 unspecified atom stereocenters. The Morgan fingerprint density at radius 1 is 1.19 bits per heavy atom. The van der Waals surface area contributed by atoms with Crippen LogP contribution in [0.1, 0.15) is 5.56 Å². The van der Waals surface area contributed by atoms with E-state index in [0.29, 0.717) is 17.3 Å². The number of amides is 1. The topological polar surface area (TPSA) is 60.5 Å². The van der Waals surface area contributed by atoms with Gasteiger partial charge in [0.2, 0.25) is 5.91 Å². The largest absolute Gasteiger partial charge is 0.493 e. The molecule has 2 aromatic rings. The predicted molar refractivity (Wildman–Crippen MR) is 88.8 cm³/mol. The maximum absolute atomic E-state index is 12.0. The Labute approximate surface area is 136 Å². The van der Waals surface area contributed by atoms with E-state index in [1.54, 1.807) is 38.6 Å². The van der Waals surface area contributed by atoms with E-state index in [-0.39, 0.29) is 12.3 Å². The van der Waals surface area contributed by atoms with Gasteiger partial charge in [-0.25, -0.2) is 4.98 Å². The first-order chi connectivity index (χ1) is 10.1. The molecule has 1 aromatic heterocycles. The van der Waals surface area contributed by atoms with E-state index in [2.05, 4.69) is 32.9 Å². The second-order valence-corrected chi connectivity index (χ2v) is 5.52. The third-order valence-electron chi connectivity index (χ3n) is 2.81. The third-order valence-corrected chi connectivity index (χ3v) is 3.45. The van der Waals surface area contributed by atoms with E-state index in [4.69, 9.17) is 9.47 Å². The highest BCUT2D eigenvalue weighted by Gasteiger charge is 2.09. The van der Waals surface area contributed by atoms with Gasteiger partial charge in [0.05, 0.1) is 20.6 Å². The molecule has 21 heavy (non-hydrogen) atoms. The summed E-state index contributed by atoms with van der Waals surface area (Å²) in [6, 6.07) is 9.07. The van der Waals surface area contributed by atoms with Gasteiger partial charge in [-0.15, -0.1) is 0 Å². The molecule has 110 valence electrons. The Morgan fingerprint density at radius 2 is 1.95 bits per heavy atom. The van der Waals surface area contributed by atoms with E-state index in [1.165, 1.54) is 0 Å². The van der Waals surface area contributed by atoms with Crippen LogP contribution in [0.2, 0.25) is 0 Å². The lowest BCUT2D eigenvalue weighted by Crippen LogP contribution is -2.15. The lowest BCUT2D eigenvalue weighted by Gasteiger charge is -2.09. The molecule has 0 spiro atoms. The standard InChI is InChI=1S/C15H15IN2O3/c1-20-12-5-3-10(7-13(12)21-2)8-15(19)18-14-6-4-11(16)9-17-14/h3-7,9H,8H2,1-2H3,(H,17,18,19). The number of ether oxygens (including phenoxy) is 2. The van der Waals surface area contributed by atoms with Gasteiger partial charge in [0.15, 0.2) is 11.5 Å². The van der Waals surface area contributed by atoms with Crippen LogP contribution in [0.25, 0.3) is 0 Å². The minimum absolute atomic E-state index is 0.129. The van der Waals surface area contributed by atoms with Gasteiger partial charge in [0.25, 0.3) is 0 Å². The number of anilines is 1. The molecule has 0 aliphatic rings. The zero-order valence-electron chi connectivity index (χ0n) is 11.7. The van der Waals surface area contributed by atoms with Gasteiger partial charge in [0, 0.05) is 9.77 Å². The predicted octanol–water partition coefficient (Wildman–Crippen LogP) is 2.88. The number of halogens is 1. The highest BCUT2D eigenvalue weighted by molar-refractivity contribution is 14.1. The van der Waals surface area contributed by atoms with Crippen molar-refractivity contribution in [2.45, 2.75) is 6.42 Å². The molecule has 6 heteroatoms. The molecule has 0 bridgehead atoms. The van der Waals surface area contributed by atoms with Gasteiger partial charge >= 0.3 is 0 Å². The number of methoxy groups -OCH3 is 2. The van der Waals surface area contributed by atoms with Crippen molar-refractivity contribution < 1.29 is 14.3 Å². The average Bonchev–Trinajstić information content (AvgIpc) is 2.49. The van der Waals surface area contributed by atoms with Crippen molar-refractivity contribution in [3.8, 4) is 11.5 Å². The lowest BCUT2D eigenvalue weighted by molar-refractivity contribution is -0.115. The molecule has 0 fully saturated rings. The summed E-state index contributed by atoms with van der Waals surface area (Å²) in [6.07, 6.45) is 1.95. The van der Waals surface area contributed by atoms with Gasteiger partial charge in [-0.1, -0.05) is 6.07 Å². The quantitative estimate of drug-likeness (QED) is 0.788. The number of hydrogen-bond donors (Lipinski definition) is 1. The van der Waals surface area contributed by atoms with Gasteiger partial charge in [-0.05, 0) is 52.4 Å². The molecule has 0 radical (unpaired) electrons. The summed E-state index contributed by atoms with van der Waals surface area (Å²) in [5, 5.41) is 2.76. The number of carbonyl (C=O) groups is 1. The fourth-order valence-corrected chi connectivity index (χ4v) is 2.13. The van der Waals surface area contributed by atoms with Crippen LogP contribution >= 0.6 is 22.6 Å². The van der Waals surface area contributed by atoms with Crippen molar-refractivity contribution >= 4 is 34.3 Å². The molecule has 0 atom stereocenters. The number of benzene rings is 1. The summed E-state index contributed by atoms with van der Waals surface area (Å²) in [4.78, 5) is 16.1. The van der Waals surface area contributed by atoms with E-state index in [0.717, 1.165) is 9.13 Å². The fraction of sp³-hybridized carbons (Fsp3) is 0.200. The molecule has 1 amide bonds. The van der Waals surface area contributed by atoms with E-state index in [9.17, 15) is 4.79 Å². The monoisotopic (exact) mass is 398 g/mol. The van der Waals surface area contributed by atoms with Crippen LogP contribution in [-0.2, 0) is 11.2 Å². The summed E-state index contributed by atoms with van der Waals surface area (Å²) < 4.78 is 11.4. The third kappa shape index (κ3) is 4.32. The van der Waals surface area contributed by atoms with Crippen molar-refractivity contribution in [1.29, 1.82) is 0 Å². The summed E-state index contributed by atoms with van der Waals surface area (Å²) in [7, 11) is 3.14. The molecule has 0 saturated carbocycles. The van der Waals surface area contributed by atoms with Crippen LogP contribution in [0.4, 0.5) is 5.82 Å². The maximum atomic E-state index is 12.0. The van der Waals surface area contributed by atoms with Crippen LogP contribution in [0.5, 0.6) is 11.5 Å². The molecule has 0 aliphatic heterocycles. The number of rotatable bonds is 5. The Hall–Kier alpha value is -1.83. The van der Waals surface area contributed by atoms with E-state index >= 15 is 0 Å². The van der Waals surface area contributed by atoms with E-state index < -0.39 is 0 Å². The fourth-order valence-electron chi connectivity index (χ4n) is 1.81. The minimum atomic E-state index is -0.129. The molecule has 0 aliphatic carbocycles. The molecule has 1 heterocycles. The molecule has 1 N–H and O–H groups in total. The molecule has 5 nitrogen and oxygen atoms in total. The lowest BCUT2D eigenvalue weighted by atomic mass is 10.1. The molecule has 2 rings (SSSR count). The van der Waals surface area contributed by atoms with Crippen molar-refractivity contribution in [1.82, 2.24) is 4.98 Å². The zero-order chi connectivity index (χ0) is 15.2. The van der Waals surface area contributed by atoms with Gasteiger partial charge in [-0.2, -0.15) is 0 Å². The normalized spacial score (nSPS) is 10.0. The van der Waals surface area contributed by atoms with Crippen LogP contribution in [0.15, 0.2) is 36.5 Å². The Morgan fingerprint density at radius 3 is 2.57 bits per heavy atom. The molecule has 1 aromatic carbocycles. The SMILES string of the molecule is COc1ccc(CC(=O)Nc2ccc(I)cn2)cc1OC. The van der Waals surface area contributed by atoms with Crippen molar-refractivity contribution in [2.24, 2.45) is 0 Å². The Balaban J connectivity index is 2.04. The number of hydrogen-bond acceptors (Lipinski definition) is 4. The van der Waals surface area contributed by atoms with Crippen LogP contribution in [0, 0.1) is 3.57 Å². The number of carbonyl (C=O) groups excluding carboxylic acids is 1. The average molecular weight is 398 g/mol. The summed E-state index contributed by atoms with van der Waals surface area (Å²) in [5.41, 5.74) is 0.843. The zero-order valence-corrected chi connectivity index (χ0v) is 13.9. The highest BCUT2D eigenvalue weighted by atomic mass is 127. The smallest absolute Gasteiger partial charge is 0.229 e. The number of nitrogens with zero attached hydrogens (tertiary/aromatic N) is 1. The Kier molecular flexibility index (Phi) is 5.38. The second-order valence-electron chi connectivity index (χ2n) is 4.28. The van der Waals surface area contributed by atoms with Crippen LogP contribution < -0.4 is 14.8 Å².